The molecule has 0 aromatic heterocycles. The zero-order chi connectivity index (χ0) is 13.5. The predicted molar refractivity (Wildman–Crippen MR) is 82.8 cm³/mol. The van der Waals surface area contributed by atoms with Crippen LogP contribution in [0.25, 0.3) is 0 Å². The Kier molecular flexibility index (Phi) is 5.25. The van der Waals surface area contributed by atoms with Crippen LogP contribution >= 0.6 is 11.6 Å². The molecule has 2 nitrogen and oxygen atoms in total. The van der Waals surface area contributed by atoms with E-state index < -0.39 is 0 Å². The van der Waals surface area contributed by atoms with Gasteiger partial charge in [-0.05, 0) is 30.7 Å². The summed E-state index contributed by atoms with van der Waals surface area (Å²) in [4.78, 5) is 0. The van der Waals surface area contributed by atoms with Gasteiger partial charge in [0.05, 0.1) is 0 Å². The maximum atomic E-state index is 6.09. The zero-order valence-corrected chi connectivity index (χ0v) is 11.9. The Balaban J connectivity index is 1.67. The van der Waals surface area contributed by atoms with E-state index in [1.165, 1.54) is 5.56 Å². The van der Waals surface area contributed by atoms with Crippen molar-refractivity contribution < 1.29 is 0 Å². The van der Waals surface area contributed by atoms with Gasteiger partial charge in [-0.1, -0.05) is 47.5 Å². The maximum Gasteiger partial charge on any atom is 0.0450 e. The Labute approximate surface area is 119 Å². The Hall–Kier alpha value is -1.51. The van der Waals surface area contributed by atoms with Gasteiger partial charge in [0, 0.05) is 30.3 Å². The zero-order valence-electron chi connectivity index (χ0n) is 11.1. The standard InChI is InChI=1S/C16H19ClN2/c1-13-6-8-15(9-7-13)19-11-10-18-12-14-4-2-3-5-16(14)17/h2-9,18-19H,10-12H2,1H3. The summed E-state index contributed by atoms with van der Waals surface area (Å²) < 4.78 is 0. The highest BCUT2D eigenvalue weighted by atomic mass is 35.5. The summed E-state index contributed by atoms with van der Waals surface area (Å²) >= 11 is 6.09. The maximum absolute atomic E-state index is 6.09. The second kappa shape index (κ2) is 7.17. The average molecular weight is 275 g/mol. The Morgan fingerprint density at radius 3 is 2.42 bits per heavy atom. The number of hydrogen-bond acceptors (Lipinski definition) is 2. The molecule has 19 heavy (non-hydrogen) atoms. The molecule has 0 aliphatic carbocycles. The number of aryl methyl sites for hydroxylation is 1. The van der Waals surface area contributed by atoms with Crippen molar-refractivity contribution in [2.75, 3.05) is 18.4 Å². The van der Waals surface area contributed by atoms with E-state index in [1.54, 1.807) is 0 Å². The van der Waals surface area contributed by atoms with Crippen molar-refractivity contribution in [1.82, 2.24) is 5.32 Å². The SMILES string of the molecule is Cc1ccc(NCCNCc2ccccc2Cl)cc1. The van der Waals surface area contributed by atoms with Crippen molar-refractivity contribution >= 4 is 17.3 Å². The highest BCUT2D eigenvalue weighted by Crippen LogP contribution is 2.14. The van der Waals surface area contributed by atoms with E-state index in [9.17, 15) is 0 Å². The average Bonchev–Trinajstić information content (AvgIpc) is 2.42. The number of nitrogens with one attached hydrogen (secondary N) is 2. The summed E-state index contributed by atoms with van der Waals surface area (Å²) in [6.07, 6.45) is 0. The normalized spacial score (nSPS) is 10.4. The molecule has 0 amide bonds. The molecule has 0 radical (unpaired) electrons. The molecule has 2 aromatic carbocycles. The van der Waals surface area contributed by atoms with Gasteiger partial charge in [-0.25, -0.2) is 0 Å². The number of benzene rings is 2. The monoisotopic (exact) mass is 274 g/mol. The second-order valence-electron chi connectivity index (χ2n) is 4.56. The van der Waals surface area contributed by atoms with Gasteiger partial charge in [0.1, 0.15) is 0 Å². The number of rotatable bonds is 6. The van der Waals surface area contributed by atoms with Crippen molar-refractivity contribution in [3.8, 4) is 0 Å². The van der Waals surface area contributed by atoms with Gasteiger partial charge < -0.3 is 10.6 Å². The molecule has 0 fully saturated rings. The molecule has 0 aliphatic rings. The van der Waals surface area contributed by atoms with Gasteiger partial charge in [0.15, 0.2) is 0 Å². The van der Waals surface area contributed by atoms with E-state index in [4.69, 9.17) is 11.6 Å². The predicted octanol–water partition coefficient (Wildman–Crippen LogP) is 3.85. The minimum Gasteiger partial charge on any atom is -0.384 e. The van der Waals surface area contributed by atoms with Crippen molar-refractivity contribution in [1.29, 1.82) is 0 Å². The molecule has 100 valence electrons. The molecule has 3 heteroatoms. The quantitative estimate of drug-likeness (QED) is 0.782. The minimum absolute atomic E-state index is 0.801. The van der Waals surface area contributed by atoms with E-state index in [2.05, 4.69) is 41.8 Å². The van der Waals surface area contributed by atoms with Crippen LogP contribution in [0.15, 0.2) is 48.5 Å². The van der Waals surface area contributed by atoms with Crippen LogP contribution in [-0.2, 0) is 6.54 Å². The lowest BCUT2D eigenvalue weighted by molar-refractivity contribution is 0.707. The van der Waals surface area contributed by atoms with Crippen molar-refractivity contribution in [2.45, 2.75) is 13.5 Å². The van der Waals surface area contributed by atoms with E-state index in [-0.39, 0.29) is 0 Å². The molecule has 0 heterocycles. The summed E-state index contributed by atoms with van der Waals surface area (Å²) in [6, 6.07) is 16.3. The lowest BCUT2D eigenvalue weighted by Crippen LogP contribution is -2.21. The van der Waals surface area contributed by atoms with Crippen molar-refractivity contribution in [3.63, 3.8) is 0 Å². The molecule has 0 aliphatic heterocycles. The first-order valence-electron chi connectivity index (χ1n) is 6.50. The molecular formula is C16H19ClN2. The van der Waals surface area contributed by atoms with Crippen LogP contribution in [0.3, 0.4) is 0 Å². The van der Waals surface area contributed by atoms with Crippen LogP contribution < -0.4 is 10.6 Å². The third-order valence-corrected chi connectivity index (χ3v) is 3.32. The lowest BCUT2D eigenvalue weighted by Gasteiger charge is -2.09. The van der Waals surface area contributed by atoms with E-state index in [1.807, 2.05) is 24.3 Å². The number of anilines is 1. The van der Waals surface area contributed by atoms with Crippen LogP contribution in [-0.4, -0.2) is 13.1 Å². The summed E-state index contributed by atoms with van der Waals surface area (Å²) in [5.74, 6) is 0. The summed E-state index contributed by atoms with van der Waals surface area (Å²) in [5.41, 5.74) is 3.58. The molecule has 0 spiro atoms. The molecule has 0 saturated heterocycles. The van der Waals surface area contributed by atoms with E-state index in [0.29, 0.717) is 0 Å². The number of halogens is 1. The number of hydrogen-bond donors (Lipinski definition) is 2. The van der Waals surface area contributed by atoms with Crippen LogP contribution in [0.4, 0.5) is 5.69 Å². The highest BCUT2D eigenvalue weighted by Gasteiger charge is 1.97. The summed E-state index contributed by atoms with van der Waals surface area (Å²) in [6.45, 7) is 4.69. The van der Waals surface area contributed by atoms with Crippen molar-refractivity contribution in [2.24, 2.45) is 0 Å². The fourth-order valence-corrected chi connectivity index (χ4v) is 2.03. The Morgan fingerprint density at radius 2 is 1.68 bits per heavy atom. The van der Waals surface area contributed by atoms with Gasteiger partial charge >= 0.3 is 0 Å². The molecule has 0 unspecified atom stereocenters. The summed E-state index contributed by atoms with van der Waals surface area (Å²) in [5, 5.41) is 7.58. The first kappa shape index (κ1) is 13.9. The fraction of sp³-hybridized carbons (Fsp3) is 0.250. The Morgan fingerprint density at radius 1 is 0.947 bits per heavy atom. The topological polar surface area (TPSA) is 24.1 Å². The van der Waals surface area contributed by atoms with Crippen LogP contribution in [0.1, 0.15) is 11.1 Å². The third kappa shape index (κ3) is 4.58. The molecule has 0 bridgehead atoms. The largest absolute Gasteiger partial charge is 0.384 e. The lowest BCUT2D eigenvalue weighted by atomic mass is 10.2. The highest BCUT2D eigenvalue weighted by molar-refractivity contribution is 6.31. The second-order valence-corrected chi connectivity index (χ2v) is 4.97. The first-order valence-corrected chi connectivity index (χ1v) is 6.88. The Bertz CT molecular complexity index is 508. The third-order valence-electron chi connectivity index (χ3n) is 2.96. The van der Waals surface area contributed by atoms with Gasteiger partial charge in [0.2, 0.25) is 0 Å². The molecule has 0 atom stereocenters. The van der Waals surface area contributed by atoms with Gasteiger partial charge in [0.25, 0.3) is 0 Å². The van der Waals surface area contributed by atoms with Crippen LogP contribution in [0.2, 0.25) is 5.02 Å². The van der Waals surface area contributed by atoms with Gasteiger partial charge in [-0.15, -0.1) is 0 Å². The first-order chi connectivity index (χ1) is 9.25. The van der Waals surface area contributed by atoms with E-state index >= 15 is 0 Å². The van der Waals surface area contributed by atoms with Crippen molar-refractivity contribution in [3.05, 3.63) is 64.7 Å². The van der Waals surface area contributed by atoms with E-state index in [0.717, 1.165) is 35.9 Å². The molecule has 0 saturated carbocycles. The smallest absolute Gasteiger partial charge is 0.0450 e. The molecule has 2 aromatic rings. The van der Waals surface area contributed by atoms with Crippen LogP contribution in [0.5, 0.6) is 0 Å². The van der Waals surface area contributed by atoms with Gasteiger partial charge in [-0.3, -0.25) is 0 Å². The van der Waals surface area contributed by atoms with Gasteiger partial charge in [-0.2, -0.15) is 0 Å². The minimum atomic E-state index is 0.801. The molecular weight excluding hydrogens is 256 g/mol. The summed E-state index contributed by atoms with van der Waals surface area (Å²) in [7, 11) is 0. The fourth-order valence-electron chi connectivity index (χ4n) is 1.83. The molecule has 2 N–H and O–H groups in total. The molecule has 2 rings (SSSR count). The van der Waals surface area contributed by atoms with Crippen LogP contribution in [0, 0.1) is 6.92 Å².